The molecule has 5 aromatic rings. The van der Waals surface area contributed by atoms with Gasteiger partial charge in [-0.15, -0.1) is 0 Å². The Bertz CT molecular complexity index is 2530. The molecule has 0 aliphatic carbocycles. The average molecular weight is 882 g/mol. The lowest BCUT2D eigenvalue weighted by atomic mass is 9.82. The Balaban J connectivity index is 1.26. The van der Waals surface area contributed by atoms with E-state index < -0.39 is 25.7 Å². The van der Waals surface area contributed by atoms with Gasteiger partial charge in [0, 0.05) is 43.2 Å². The molecule has 1 N–H and O–H groups in total. The van der Waals surface area contributed by atoms with Crippen molar-refractivity contribution < 1.29 is 43.2 Å². The molecule has 1 saturated heterocycles. The van der Waals surface area contributed by atoms with Gasteiger partial charge in [-0.25, -0.2) is 0 Å². The van der Waals surface area contributed by atoms with Gasteiger partial charge in [0.15, 0.2) is 11.4 Å². The molecular weight excluding hydrogens is 827 g/mol. The van der Waals surface area contributed by atoms with Crippen molar-refractivity contribution in [2.75, 3.05) is 43.7 Å². The van der Waals surface area contributed by atoms with Crippen molar-refractivity contribution in [3.8, 4) is 17.2 Å². The Hall–Kier alpha value is -6.28. The van der Waals surface area contributed by atoms with Gasteiger partial charge in [-0.05, 0) is 78.5 Å². The summed E-state index contributed by atoms with van der Waals surface area (Å²) in [5.74, 6) is 0.143. The number of benzene rings is 5. The van der Waals surface area contributed by atoms with Crippen LogP contribution in [0.3, 0.4) is 0 Å². The molecule has 0 radical (unpaired) electrons. The number of carbonyl (C=O) groups is 4. The average Bonchev–Trinajstić information content (AvgIpc) is 3.68. The molecule has 1 spiro atoms. The number of rotatable bonds is 15. The van der Waals surface area contributed by atoms with Gasteiger partial charge in [-0.2, -0.15) is 0 Å². The van der Waals surface area contributed by atoms with Gasteiger partial charge in [0.25, 0.3) is 11.8 Å². The second-order valence-electron chi connectivity index (χ2n) is 17.3. The number of aliphatic hydroxyl groups is 1. The molecule has 0 saturated carbocycles. The number of methoxy groups -OCH3 is 2. The van der Waals surface area contributed by atoms with E-state index in [9.17, 15) is 19.5 Å². The normalized spacial score (nSPS) is 20.0. The minimum absolute atomic E-state index is 0.0241. The fourth-order valence-corrected chi connectivity index (χ4v) is 14.1. The SMILES string of the molecule is COC(=O)CCCCN1C(=O)[C@@]2(O[C@@H](CC(=O)N(CCO)Cc3ccccc3)[C@H]([Si](C)(C)c3ccc(OC)cc3)[C@H]2C)c2cc(N3C(=O)c4ccccc4Oc4ccccc43)ccc21. The quantitative estimate of drug-likeness (QED) is 0.0629. The molecule has 3 aliphatic rings. The Morgan fingerprint density at radius 1 is 0.844 bits per heavy atom. The number of amides is 3. The van der Waals surface area contributed by atoms with Crippen LogP contribution in [0, 0.1) is 5.92 Å². The fourth-order valence-electron chi connectivity index (χ4n) is 10.1. The van der Waals surface area contributed by atoms with E-state index in [4.69, 9.17) is 18.9 Å². The first kappa shape index (κ1) is 44.3. The summed E-state index contributed by atoms with van der Waals surface area (Å²) in [5, 5.41) is 11.3. The van der Waals surface area contributed by atoms with Crippen LogP contribution in [0.4, 0.5) is 17.1 Å². The van der Waals surface area contributed by atoms with Crippen molar-refractivity contribution in [1.29, 1.82) is 0 Å². The van der Waals surface area contributed by atoms with Crippen molar-refractivity contribution in [3.63, 3.8) is 0 Å². The standard InChI is InChI=1S/C51H55N3O9Si/c1-34-48(64(4,5)38-25-23-37(60-2)24-26-38)45(32-46(56)52(29-30-55)33-35-15-7-6-8-16-35)63-51(34)40-31-36(22-27-41(40)53(50(51)59)28-14-13-21-47(57)61-3)54-42-18-10-12-20-44(42)62-43-19-11-9-17-39(43)49(54)58/h6-12,15-20,22-27,31,34,45,48,55H,13-14,21,28-30,32-33H2,1-5H3/t34-,45+,48-,51+/m1/s1. The van der Waals surface area contributed by atoms with Crippen LogP contribution in [0.2, 0.25) is 18.6 Å². The number of ether oxygens (including phenoxy) is 4. The summed E-state index contributed by atoms with van der Waals surface area (Å²) in [4.78, 5) is 62.1. The number of aliphatic hydroxyl groups excluding tert-OH is 1. The van der Waals surface area contributed by atoms with E-state index >= 15 is 4.79 Å². The molecule has 332 valence electrons. The zero-order chi connectivity index (χ0) is 45.2. The van der Waals surface area contributed by atoms with Gasteiger partial charge in [0.2, 0.25) is 5.91 Å². The highest BCUT2D eigenvalue weighted by Gasteiger charge is 2.66. The van der Waals surface area contributed by atoms with Gasteiger partial charge in [0.1, 0.15) is 11.5 Å². The molecule has 0 unspecified atom stereocenters. The summed E-state index contributed by atoms with van der Waals surface area (Å²) in [7, 11) is 0.320. The first-order valence-electron chi connectivity index (χ1n) is 21.9. The summed E-state index contributed by atoms with van der Waals surface area (Å²) in [5.41, 5.74) is 1.81. The lowest BCUT2D eigenvalue weighted by Crippen LogP contribution is -2.52. The maximum absolute atomic E-state index is 15.6. The third-order valence-electron chi connectivity index (χ3n) is 13.3. The van der Waals surface area contributed by atoms with E-state index in [1.54, 1.807) is 40.0 Å². The number of para-hydroxylation sites is 3. The zero-order valence-corrected chi connectivity index (χ0v) is 38.0. The van der Waals surface area contributed by atoms with Crippen molar-refractivity contribution in [3.05, 3.63) is 138 Å². The molecule has 3 heterocycles. The first-order chi connectivity index (χ1) is 30.9. The van der Waals surface area contributed by atoms with Crippen LogP contribution >= 0.6 is 0 Å². The van der Waals surface area contributed by atoms with Crippen LogP contribution in [0.5, 0.6) is 17.2 Å². The summed E-state index contributed by atoms with van der Waals surface area (Å²) < 4.78 is 24.2. The van der Waals surface area contributed by atoms with Crippen molar-refractivity contribution in [1.82, 2.24) is 4.90 Å². The second-order valence-corrected chi connectivity index (χ2v) is 22.0. The largest absolute Gasteiger partial charge is 0.497 e. The lowest BCUT2D eigenvalue weighted by molar-refractivity contribution is -0.149. The predicted molar refractivity (Wildman–Crippen MR) is 247 cm³/mol. The van der Waals surface area contributed by atoms with Gasteiger partial charge in [0.05, 0.1) is 58.4 Å². The molecule has 0 aromatic heterocycles. The monoisotopic (exact) mass is 881 g/mol. The van der Waals surface area contributed by atoms with Crippen LogP contribution in [0.1, 0.15) is 54.1 Å². The molecule has 64 heavy (non-hydrogen) atoms. The molecule has 13 heteroatoms. The zero-order valence-electron chi connectivity index (χ0n) is 37.0. The molecule has 3 amide bonds. The van der Waals surface area contributed by atoms with Gasteiger partial charge >= 0.3 is 5.97 Å². The van der Waals surface area contributed by atoms with E-state index in [2.05, 4.69) is 32.2 Å². The third kappa shape index (κ3) is 8.08. The highest BCUT2D eigenvalue weighted by Crippen LogP contribution is 2.61. The fraction of sp³-hybridized carbons (Fsp3) is 0.333. The van der Waals surface area contributed by atoms with E-state index in [1.165, 1.54) is 7.11 Å². The number of hydrogen-bond donors (Lipinski definition) is 1. The molecule has 12 nitrogen and oxygen atoms in total. The summed E-state index contributed by atoms with van der Waals surface area (Å²) in [6.07, 6.45) is 0.507. The Kier molecular flexibility index (Phi) is 12.8. The number of esters is 1. The maximum Gasteiger partial charge on any atom is 0.305 e. The van der Waals surface area contributed by atoms with Gasteiger partial charge < -0.3 is 33.9 Å². The predicted octanol–water partition coefficient (Wildman–Crippen LogP) is 8.10. The van der Waals surface area contributed by atoms with Crippen LogP contribution in [-0.2, 0) is 36.0 Å². The highest BCUT2D eigenvalue weighted by atomic mass is 28.3. The van der Waals surface area contributed by atoms with Crippen LogP contribution < -0.4 is 24.5 Å². The number of unbranched alkanes of at least 4 members (excludes halogenated alkanes) is 1. The topological polar surface area (TPSA) is 135 Å². The molecular formula is C51H55N3O9Si. The van der Waals surface area contributed by atoms with Gasteiger partial charge in [-0.1, -0.05) is 91.9 Å². The van der Waals surface area contributed by atoms with E-state index in [0.717, 1.165) is 16.5 Å². The van der Waals surface area contributed by atoms with Crippen LogP contribution in [0.25, 0.3) is 0 Å². The van der Waals surface area contributed by atoms with E-state index in [0.29, 0.717) is 65.6 Å². The minimum atomic E-state index is -2.67. The maximum atomic E-state index is 15.6. The molecule has 3 aliphatic heterocycles. The summed E-state index contributed by atoms with van der Waals surface area (Å²) in [6, 6.07) is 37.8. The van der Waals surface area contributed by atoms with Crippen molar-refractivity contribution in [2.45, 2.75) is 69.5 Å². The number of carbonyl (C=O) groups excluding carboxylic acids is 4. The smallest absolute Gasteiger partial charge is 0.305 e. The Labute approximate surface area is 375 Å². The minimum Gasteiger partial charge on any atom is -0.497 e. The molecule has 0 bridgehead atoms. The number of nitrogens with zero attached hydrogens (tertiary/aromatic N) is 3. The molecule has 1 fully saturated rings. The van der Waals surface area contributed by atoms with E-state index in [-0.39, 0.29) is 55.2 Å². The van der Waals surface area contributed by atoms with Crippen LogP contribution in [-0.4, -0.2) is 81.8 Å². The van der Waals surface area contributed by atoms with Crippen molar-refractivity contribution >= 4 is 54.0 Å². The summed E-state index contributed by atoms with van der Waals surface area (Å²) in [6.45, 7) is 7.12. The number of anilines is 3. The van der Waals surface area contributed by atoms with Crippen molar-refractivity contribution in [2.24, 2.45) is 5.92 Å². The number of hydrogen-bond acceptors (Lipinski definition) is 9. The van der Waals surface area contributed by atoms with Crippen LogP contribution in [0.15, 0.2) is 121 Å². The molecule has 4 atom stereocenters. The molecule has 5 aromatic carbocycles. The molecule has 8 rings (SSSR count). The highest BCUT2D eigenvalue weighted by molar-refractivity contribution is 6.91. The van der Waals surface area contributed by atoms with E-state index in [1.807, 2.05) is 91.0 Å². The Morgan fingerprint density at radius 3 is 2.27 bits per heavy atom. The summed E-state index contributed by atoms with van der Waals surface area (Å²) >= 11 is 0. The Morgan fingerprint density at radius 2 is 1.55 bits per heavy atom. The number of fused-ring (bicyclic) bond motifs is 4. The van der Waals surface area contributed by atoms with Gasteiger partial charge in [-0.3, -0.25) is 24.1 Å². The lowest BCUT2D eigenvalue weighted by Gasteiger charge is -2.37. The third-order valence-corrected chi connectivity index (χ3v) is 17.6. The second kappa shape index (κ2) is 18.4. The first-order valence-corrected chi connectivity index (χ1v) is 25.0.